The van der Waals surface area contributed by atoms with E-state index in [0.29, 0.717) is 64.2 Å². The fraction of sp³-hybridized carbons (Fsp3) is 0.235. The second kappa shape index (κ2) is 16.1. The van der Waals surface area contributed by atoms with Crippen LogP contribution in [-0.4, -0.2) is 69.8 Å². The monoisotopic (exact) mass is 750 g/mol. The van der Waals surface area contributed by atoms with Crippen LogP contribution in [0.4, 0.5) is 11.8 Å². The third kappa shape index (κ3) is 8.09. The fourth-order valence-electron chi connectivity index (χ4n) is 5.15. The van der Waals surface area contributed by atoms with Crippen molar-refractivity contribution in [3.05, 3.63) is 108 Å². The van der Waals surface area contributed by atoms with Crippen LogP contribution in [0.3, 0.4) is 0 Å². The molecule has 8 rings (SSSR count). The summed E-state index contributed by atoms with van der Waals surface area (Å²) < 4.78 is 24.7. The van der Waals surface area contributed by atoms with Gasteiger partial charge in [-0.3, -0.25) is 9.59 Å². The number of nitrogens with zero attached hydrogens (tertiary/aromatic N) is 2. The summed E-state index contributed by atoms with van der Waals surface area (Å²) in [5, 5.41) is 21.0. The number of thiophene rings is 2. The minimum atomic E-state index is -1.34. The van der Waals surface area contributed by atoms with E-state index in [1.54, 1.807) is 36.4 Å². The predicted molar refractivity (Wildman–Crippen MR) is 196 cm³/mol. The van der Waals surface area contributed by atoms with Crippen molar-refractivity contribution in [2.45, 2.75) is 0 Å². The zero-order valence-corrected chi connectivity index (χ0v) is 29.0. The van der Waals surface area contributed by atoms with Gasteiger partial charge >= 0.3 is 7.12 Å². The van der Waals surface area contributed by atoms with Crippen molar-refractivity contribution in [1.82, 2.24) is 0 Å². The van der Waals surface area contributed by atoms with E-state index in [-0.39, 0.29) is 10.9 Å². The van der Waals surface area contributed by atoms with Crippen LogP contribution < -0.4 is 26.1 Å². The molecule has 2 aliphatic heterocycles. The molecule has 0 radical (unpaired) electrons. The van der Waals surface area contributed by atoms with Gasteiger partial charge in [-0.15, -0.1) is 22.7 Å². The highest BCUT2D eigenvalue weighted by atomic mass is 79.9. The summed E-state index contributed by atoms with van der Waals surface area (Å²) >= 11 is 6.23. The first-order valence-electron chi connectivity index (χ1n) is 15.3. The average molecular weight is 751 g/mol. The van der Waals surface area contributed by atoms with Gasteiger partial charge in [0.2, 0.25) is 10.9 Å². The van der Waals surface area contributed by atoms with Gasteiger partial charge in [-0.25, -0.2) is 0 Å². The standard InChI is InChI=1S/C17H15NO3S.C11H10BrNO3S.C6H7BO2/c19-14-10-15(18-6-8-20-9-7-18)21-16-13(11-22-17(14)16)12-4-2-1-3-5-12;12-7-6-17-11-8(14)5-9(16-10(7)11)13-1-3-15-4-2-13;8-7(9)6-4-2-1-3-5-6/h1-5,10-11H,6-9H2;5-6H,1-4H2;1-5,8-9H. The molecule has 0 saturated carbocycles. The van der Waals surface area contributed by atoms with Crippen molar-refractivity contribution in [2.75, 3.05) is 62.4 Å². The van der Waals surface area contributed by atoms with Gasteiger partial charge in [-0.2, -0.15) is 0 Å². The largest absolute Gasteiger partial charge is 0.488 e. The second-order valence-corrected chi connectivity index (χ2v) is 13.4. The molecule has 0 amide bonds. The van der Waals surface area contributed by atoms with Crippen LogP contribution in [-0.2, 0) is 9.47 Å². The van der Waals surface area contributed by atoms with E-state index in [0.717, 1.165) is 41.8 Å². The smallest absolute Gasteiger partial charge is 0.439 e. The van der Waals surface area contributed by atoms with Crippen LogP contribution in [0, 0.1) is 0 Å². The maximum Gasteiger partial charge on any atom is 0.488 e. The van der Waals surface area contributed by atoms with Gasteiger partial charge < -0.3 is 38.2 Å². The highest BCUT2D eigenvalue weighted by Crippen LogP contribution is 2.34. The van der Waals surface area contributed by atoms with Gasteiger partial charge in [-0.1, -0.05) is 60.7 Å². The summed E-state index contributed by atoms with van der Waals surface area (Å²) in [6.45, 7) is 5.69. The normalized spacial score (nSPS) is 14.6. The van der Waals surface area contributed by atoms with Gasteiger partial charge in [0.05, 0.1) is 30.9 Å². The lowest BCUT2D eigenvalue weighted by Gasteiger charge is -2.27. The van der Waals surface area contributed by atoms with E-state index in [4.69, 9.17) is 28.4 Å². The molecular formula is C34H32BBrN2O8S2. The molecule has 2 N–H and O–H groups in total. The molecule has 2 fully saturated rings. The van der Waals surface area contributed by atoms with E-state index in [1.807, 2.05) is 52.1 Å². The molecule has 10 nitrogen and oxygen atoms in total. The van der Waals surface area contributed by atoms with Crippen LogP contribution in [0.5, 0.6) is 0 Å². The van der Waals surface area contributed by atoms with E-state index < -0.39 is 7.12 Å². The molecular weight excluding hydrogens is 719 g/mol. The number of anilines is 2. The van der Waals surface area contributed by atoms with Crippen LogP contribution in [0.1, 0.15) is 0 Å². The zero-order chi connectivity index (χ0) is 33.5. The lowest BCUT2D eigenvalue weighted by Crippen LogP contribution is -2.36. The quantitative estimate of drug-likeness (QED) is 0.233. The van der Waals surface area contributed by atoms with E-state index >= 15 is 0 Å². The van der Waals surface area contributed by atoms with Crippen molar-refractivity contribution >= 4 is 83.5 Å². The Kier molecular flexibility index (Phi) is 11.4. The van der Waals surface area contributed by atoms with Gasteiger partial charge in [0.15, 0.2) is 22.9 Å². The Balaban J connectivity index is 0.000000137. The number of hydrogen-bond acceptors (Lipinski definition) is 12. The lowest BCUT2D eigenvalue weighted by atomic mass is 9.81. The summed E-state index contributed by atoms with van der Waals surface area (Å²) in [6, 6.07) is 21.8. The minimum absolute atomic E-state index is 0.0171. The fourth-order valence-corrected chi connectivity index (χ4v) is 7.52. The maximum absolute atomic E-state index is 12.4. The highest BCUT2D eigenvalue weighted by molar-refractivity contribution is 9.10. The summed E-state index contributed by atoms with van der Waals surface area (Å²) in [5.41, 5.74) is 3.94. The number of morpholine rings is 2. The van der Waals surface area contributed by atoms with Gasteiger partial charge in [0.1, 0.15) is 9.40 Å². The van der Waals surface area contributed by atoms with Crippen molar-refractivity contribution in [3.8, 4) is 11.1 Å². The Morgan fingerprint density at radius 2 is 1.15 bits per heavy atom. The molecule has 4 aromatic heterocycles. The van der Waals surface area contributed by atoms with Gasteiger partial charge in [0, 0.05) is 54.6 Å². The summed E-state index contributed by atoms with van der Waals surface area (Å²) in [5.74, 6) is 1.27. The van der Waals surface area contributed by atoms with Crippen molar-refractivity contribution in [3.63, 3.8) is 0 Å². The molecule has 248 valence electrons. The van der Waals surface area contributed by atoms with Gasteiger partial charge in [0.25, 0.3) is 0 Å². The number of hydrogen-bond donors (Lipinski definition) is 2. The van der Waals surface area contributed by atoms with Crippen molar-refractivity contribution in [2.24, 2.45) is 0 Å². The second-order valence-electron chi connectivity index (χ2n) is 10.8. The number of ether oxygens (including phenoxy) is 2. The third-order valence-corrected chi connectivity index (χ3v) is 10.5. The summed E-state index contributed by atoms with van der Waals surface area (Å²) in [6.07, 6.45) is 0. The van der Waals surface area contributed by atoms with E-state index in [2.05, 4.69) is 20.8 Å². The van der Waals surface area contributed by atoms with Crippen LogP contribution >= 0.6 is 38.6 Å². The first-order valence-corrected chi connectivity index (χ1v) is 17.8. The molecule has 6 aromatic rings. The predicted octanol–water partition coefficient (Wildman–Crippen LogP) is 5.18. The highest BCUT2D eigenvalue weighted by Gasteiger charge is 2.19. The Labute approximate surface area is 292 Å². The number of fused-ring (bicyclic) bond motifs is 2. The summed E-state index contributed by atoms with van der Waals surface area (Å²) in [4.78, 5) is 28.4. The molecule has 0 bridgehead atoms. The Hall–Kier alpha value is -3.76. The third-order valence-electron chi connectivity index (χ3n) is 7.65. The number of benzene rings is 2. The zero-order valence-electron chi connectivity index (χ0n) is 25.7. The molecule has 2 saturated heterocycles. The van der Waals surface area contributed by atoms with Crippen molar-refractivity contribution in [1.29, 1.82) is 0 Å². The molecule has 2 aliphatic rings. The van der Waals surface area contributed by atoms with Crippen LogP contribution in [0.15, 0.2) is 106 Å². The lowest BCUT2D eigenvalue weighted by molar-refractivity contribution is 0.120. The van der Waals surface area contributed by atoms with Crippen LogP contribution in [0.2, 0.25) is 0 Å². The van der Waals surface area contributed by atoms with Crippen LogP contribution in [0.25, 0.3) is 31.7 Å². The SMILES string of the molecule is O=c1cc(N2CCOCC2)oc2c(-c3ccccc3)csc12.O=c1cc(N2CCOCC2)oc2c(Br)csc12.OB(O)c1ccccc1. The molecule has 0 unspecified atom stereocenters. The Morgan fingerprint density at radius 1 is 0.667 bits per heavy atom. The number of halogens is 1. The van der Waals surface area contributed by atoms with Crippen molar-refractivity contribution < 1.29 is 28.4 Å². The maximum atomic E-state index is 12.4. The Bertz CT molecular complexity index is 2050. The molecule has 48 heavy (non-hydrogen) atoms. The minimum Gasteiger partial charge on any atom is -0.439 e. The summed E-state index contributed by atoms with van der Waals surface area (Å²) in [7, 11) is -1.34. The average Bonchev–Trinajstić information content (AvgIpc) is 3.74. The molecule has 2 aromatic carbocycles. The first kappa shape index (κ1) is 34.1. The van der Waals surface area contributed by atoms with E-state index in [1.165, 1.54) is 22.7 Å². The first-order chi connectivity index (χ1) is 23.4. The topological polar surface area (TPSA) is 126 Å². The van der Waals surface area contributed by atoms with E-state index in [9.17, 15) is 9.59 Å². The molecule has 14 heteroatoms. The molecule has 6 heterocycles. The number of rotatable bonds is 4. The van der Waals surface area contributed by atoms with Gasteiger partial charge in [-0.05, 0) is 27.0 Å². The molecule has 0 spiro atoms. The molecule has 0 aliphatic carbocycles. The Morgan fingerprint density at radius 3 is 1.67 bits per heavy atom. The molecule has 0 atom stereocenters.